The predicted molar refractivity (Wildman–Crippen MR) is 83.7 cm³/mol. The summed E-state index contributed by atoms with van der Waals surface area (Å²) >= 11 is 10.4. The number of halogens is 2. The van der Waals surface area contributed by atoms with E-state index in [1.807, 2.05) is 13.0 Å². The van der Waals surface area contributed by atoms with E-state index in [2.05, 4.69) is 20.7 Å². The Balaban J connectivity index is 2.30. The number of anilines is 1. The van der Waals surface area contributed by atoms with Crippen molar-refractivity contribution in [3.63, 3.8) is 0 Å². The van der Waals surface area contributed by atoms with Crippen LogP contribution in [0.5, 0.6) is 0 Å². The minimum atomic E-state index is -3.54. The highest BCUT2D eigenvalue weighted by Crippen LogP contribution is 2.29. The Kier molecular flexibility index (Phi) is 4.55. The third-order valence-corrected chi connectivity index (χ3v) is 6.40. The van der Waals surface area contributed by atoms with Crippen LogP contribution in [0.2, 0.25) is 5.02 Å². The fourth-order valence-electron chi connectivity index (χ4n) is 1.46. The number of aryl methyl sites for hydroxylation is 1. The van der Waals surface area contributed by atoms with Crippen molar-refractivity contribution in [2.45, 2.75) is 17.6 Å². The second-order valence-corrected chi connectivity index (χ2v) is 8.17. The van der Waals surface area contributed by atoms with E-state index in [-0.39, 0.29) is 0 Å². The van der Waals surface area contributed by atoms with Gasteiger partial charge in [0.2, 0.25) is 0 Å². The lowest BCUT2D eigenvalue weighted by Gasteiger charge is -2.08. The molecule has 7 heteroatoms. The van der Waals surface area contributed by atoms with Crippen LogP contribution in [0.15, 0.2) is 39.0 Å². The first-order valence-electron chi connectivity index (χ1n) is 5.49. The summed E-state index contributed by atoms with van der Waals surface area (Å²) in [6.45, 7) is 1.99. The second kappa shape index (κ2) is 5.83. The van der Waals surface area contributed by atoms with Crippen molar-refractivity contribution < 1.29 is 8.42 Å². The lowest BCUT2D eigenvalue weighted by atomic mass is 10.3. The fraction of sp³-hybridized carbons (Fsp3) is 0.167. The van der Waals surface area contributed by atoms with Crippen molar-refractivity contribution in [1.82, 2.24) is 0 Å². The standard InChI is InChI=1S/C12H11BrClNO2S2/c1-2-9-4-6-12(18-9)19(16,17)15-11-5-3-8(14)7-10(11)13/h3-7,15H,2H2,1H3. The van der Waals surface area contributed by atoms with Gasteiger partial charge in [-0.1, -0.05) is 18.5 Å². The zero-order chi connectivity index (χ0) is 14.0. The molecule has 0 saturated carbocycles. The molecule has 0 amide bonds. The number of hydrogen-bond acceptors (Lipinski definition) is 3. The van der Waals surface area contributed by atoms with Crippen LogP contribution in [-0.2, 0) is 16.4 Å². The van der Waals surface area contributed by atoms with E-state index in [9.17, 15) is 8.42 Å². The van der Waals surface area contributed by atoms with Crippen molar-refractivity contribution in [2.24, 2.45) is 0 Å². The molecule has 0 fully saturated rings. The molecule has 0 atom stereocenters. The molecular formula is C12H11BrClNO2S2. The maximum Gasteiger partial charge on any atom is 0.271 e. The van der Waals surface area contributed by atoms with Crippen molar-refractivity contribution in [2.75, 3.05) is 4.72 Å². The van der Waals surface area contributed by atoms with Crippen LogP contribution in [0.4, 0.5) is 5.69 Å². The molecular weight excluding hydrogens is 370 g/mol. The summed E-state index contributed by atoms with van der Waals surface area (Å²) < 4.78 is 27.9. The number of sulfonamides is 1. The van der Waals surface area contributed by atoms with Crippen LogP contribution in [0.3, 0.4) is 0 Å². The highest BCUT2D eigenvalue weighted by molar-refractivity contribution is 9.10. The van der Waals surface area contributed by atoms with Crippen molar-refractivity contribution in [3.8, 4) is 0 Å². The fourth-order valence-corrected chi connectivity index (χ4v) is 4.75. The third-order valence-electron chi connectivity index (χ3n) is 2.43. The Hall–Kier alpha value is -0.560. The Morgan fingerprint density at radius 3 is 2.63 bits per heavy atom. The molecule has 1 aromatic carbocycles. The lowest BCUT2D eigenvalue weighted by molar-refractivity contribution is 0.603. The smallest absolute Gasteiger partial charge is 0.271 e. The summed E-state index contributed by atoms with van der Waals surface area (Å²) in [5, 5.41) is 0.541. The maximum atomic E-state index is 12.2. The monoisotopic (exact) mass is 379 g/mol. The number of thiophene rings is 1. The molecule has 0 aliphatic rings. The first-order valence-corrected chi connectivity index (χ1v) is 8.96. The summed E-state index contributed by atoms with van der Waals surface area (Å²) in [7, 11) is -3.54. The Labute approximate surface area is 129 Å². The Morgan fingerprint density at radius 1 is 1.32 bits per heavy atom. The number of benzene rings is 1. The summed E-state index contributed by atoms with van der Waals surface area (Å²) in [6, 6.07) is 8.35. The normalized spacial score (nSPS) is 11.5. The molecule has 0 aliphatic carbocycles. The van der Waals surface area contributed by atoms with Gasteiger partial charge in [0.1, 0.15) is 4.21 Å². The minimum absolute atomic E-state index is 0.311. The molecule has 1 heterocycles. The van der Waals surface area contributed by atoms with Gasteiger partial charge in [-0.2, -0.15) is 0 Å². The topological polar surface area (TPSA) is 46.2 Å². The largest absolute Gasteiger partial charge is 0.278 e. The molecule has 0 aliphatic heterocycles. The number of hydrogen-bond donors (Lipinski definition) is 1. The van der Waals surface area contributed by atoms with E-state index in [1.165, 1.54) is 11.3 Å². The summed E-state index contributed by atoms with van der Waals surface area (Å²) in [5.41, 5.74) is 0.468. The van der Waals surface area contributed by atoms with Crippen LogP contribution in [0, 0.1) is 0 Å². The van der Waals surface area contributed by atoms with E-state index >= 15 is 0 Å². The number of nitrogens with one attached hydrogen (secondary N) is 1. The molecule has 0 radical (unpaired) electrons. The summed E-state index contributed by atoms with van der Waals surface area (Å²) in [5.74, 6) is 0. The van der Waals surface area contributed by atoms with E-state index in [0.717, 1.165) is 11.3 Å². The molecule has 1 aromatic heterocycles. The van der Waals surface area contributed by atoms with E-state index in [4.69, 9.17) is 11.6 Å². The lowest BCUT2D eigenvalue weighted by Crippen LogP contribution is -2.11. The molecule has 19 heavy (non-hydrogen) atoms. The van der Waals surface area contributed by atoms with E-state index < -0.39 is 10.0 Å². The molecule has 0 bridgehead atoms. The van der Waals surface area contributed by atoms with Gasteiger partial charge >= 0.3 is 0 Å². The van der Waals surface area contributed by atoms with Gasteiger partial charge in [-0.05, 0) is 52.7 Å². The SMILES string of the molecule is CCc1ccc(S(=O)(=O)Nc2ccc(Cl)cc2Br)s1. The van der Waals surface area contributed by atoms with Gasteiger partial charge in [0.15, 0.2) is 0 Å². The van der Waals surface area contributed by atoms with Crippen molar-refractivity contribution in [1.29, 1.82) is 0 Å². The molecule has 0 saturated heterocycles. The number of rotatable bonds is 4. The average Bonchev–Trinajstić information content (AvgIpc) is 2.82. The minimum Gasteiger partial charge on any atom is -0.278 e. The molecule has 2 rings (SSSR count). The van der Waals surface area contributed by atoms with Gasteiger partial charge in [0.25, 0.3) is 10.0 Å². The molecule has 1 N–H and O–H groups in total. The van der Waals surface area contributed by atoms with Gasteiger partial charge in [0, 0.05) is 14.4 Å². The maximum absolute atomic E-state index is 12.2. The molecule has 2 aromatic rings. The highest BCUT2D eigenvalue weighted by Gasteiger charge is 2.17. The van der Waals surface area contributed by atoms with Crippen LogP contribution < -0.4 is 4.72 Å². The van der Waals surface area contributed by atoms with Crippen LogP contribution in [0.25, 0.3) is 0 Å². The molecule has 102 valence electrons. The average molecular weight is 381 g/mol. The molecule has 3 nitrogen and oxygen atoms in total. The van der Waals surface area contributed by atoms with Crippen molar-refractivity contribution >= 4 is 54.6 Å². The van der Waals surface area contributed by atoms with Crippen LogP contribution in [0.1, 0.15) is 11.8 Å². The Bertz CT molecular complexity index is 698. The Morgan fingerprint density at radius 2 is 2.05 bits per heavy atom. The van der Waals surface area contributed by atoms with Gasteiger partial charge in [0.05, 0.1) is 5.69 Å². The first kappa shape index (κ1) is 14.8. The van der Waals surface area contributed by atoms with E-state index in [0.29, 0.717) is 19.4 Å². The van der Waals surface area contributed by atoms with Gasteiger partial charge in [-0.3, -0.25) is 4.72 Å². The molecule has 0 spiro atoms. The highest BCUT2D eigenvalue weighted by atomic mass is 79.9. The van der Waals surface area contributed by atoms with Gasteiger partial charge in [-0.15, -0.1) is 11.3 Å². The van der Waals surface area contributed by atoms with Crippen molar-refractivity contribution in [3.05, 3.63) is 44.7 Å². The summed E-state index contributed by atoms with van der Waals surface area (Å²) in [4.78, 5) is 1.04. The zero-order valence-electron chi connectivity index (χ0n) is 9.98. The van der Waals surface area contributed by atoms with E-state index in [1.54, 1.807) is 24.3 Å². The van der Waals surface area contributed by atoms with Gasteiger partial charge < -0.3 is 0 Å². The quantitative estimate of drug-likeness (QED) is 0.847. The summed E-state index contributed by atoms with van der Waals surface area (Å²) in [6.07, 6.45) is 0.824. The predicted octanol–water partition coefficient (Wildman–Crippen LogP) is 4.53. The second-order valence-electron chi connectivity index (χ2n) is 3.80. The van der Waals surface area contributed by atoms with Gasteiger partial charge in [-0.25, -0.2) is 8.42 Å². The van der Waals surface area contributed by atoms with Crippen LogP contribution in [-0.4, -0.2) is 8.42 Å². The first-order chi connectivity index (χ1) is 8.92. The zero-order valence-corrected chi connectivity index (χ0v) is 14.0. The third kappa shape index (κ3) is 3.51. The van der Waals surface area contributed by atoms with Crippen LogP contribution >= 0.6 is 38.9 Å². The molecule has 0 unspecified atom stereocenters.